The summed E-state index contributed by atoms with van der Waals surface area (Å²) >= 11 is 0. The lowest BCUT2D eigenvalue weighted by Gasteiger charge is -2.18. The van der Waals surface area contributed by atoms with E-state index in [9.17, 15) is 0 Å². The number of hydrogen-bond donors (Lipinski definition) is 1. The van der Waals surface area contributed by atoms with Crippen LogP contribution in [-0.4, -0.2) is 25.0 Å². The van der Waals surface area contributed by atoms with Gasteiger partial charge in [0.25, 0.3) is 0 Å². The highest BCUT2D eigenvalue weighted by Crippen LogP contribution is 2.25. The van der Waals surface area contributed by atoms with Crippen molar-refractivity contribution in [1.29, 1.82) is 0 Å². The number of ether oxygens (including phenoxy) is 2. The lowest BCUT2D eigenvalue weighted by atomic mass is 10.0. The van der Waals surface area contributed by atoms with E-state index < -0.39 is 0 Å². The molecule has 1 aliphatic heterocycles. The molecule has 0 radical (unpaired) electrons. The molecule has 0 aliphatic carbocycles. The van der Waals surface area contributed by atoms with Crippen molar-refractivity contribution >= 4 is 0 Å². The topological polar surface area (TPSA) is 44.5 Å². The van der Waals surface area contributed by atoms with E-state index in [1.54, 1.807) is 0 Å². The van der Waals surface area contributed by atoms with Crippen molar-refractivity contribution in [1.82, 2.24) is 0 Å². The Morgan fingerprint density at radius 2 is 2.25 bits per heavy atom. The van der Waals surface area contributed by atoms with E-state index in [0.717, 1.165) is 13.0 Å². The van der Waals surface area contributed by atoms with Gasteiger partial charge in [0.1, 0.15) is 0 Å². The Hall–Kier alpha value is -0.120. The first-order valence-corrected chi connectivity index (χ1v) is 4.55. The first-order valence-electron chi connectivity index (χ1n) is 4.55. The molecule has 0 saturated carbocycles. The zero-order valence-corrected chi connectivity index (χ0v) is 8.17. The van der Waals surface area contributed by atoms with Crippen LogP contribution >= 0.6 is 0 Å². The molecule has 1 fully saturated rings. The van der Waals surface area contributed by atoms with E-state index in [1.807, 2.05) is 13.8 Å². The smallest absolute Gasteiger partial charge is 0.163 e. The summed E-state index contributed by atoms with van der Waals surface area (Å²) in [5.74, 6) is 0.131. The summed E-state index contributed by atoms with van der Waals surface area (Å²) in [6.07, 6.45) is 1.23. The molecule has 3 heteroatoms. The standard InChI is InChI=1S/C9H19NO2/c1-7(5-10)4-8-6-11-9(2,3)12-8/h7-8H,4-6,10H2,1-3H3/t7-,8-/m1/s1. The molecule has 2 atom stereocenters. The molecule has 0 bridgehead atoms. The first-order chi connectivity index (χ1) is 5.53. The third-order valence-electron chi connectivity index (χ3n) is 2.13. The molecule has 0 unspecified atom stereocenters. The van der Waals surface area contributed by atoms with Gasteiger partial charge in [-0.2, -0.15) is 0 Å². The molecule has 0 aromatic heterocycles. The molecular formula is C9H19NO2. The normalized spacial score (nSPS) is 30.5. The molecule has 0 aromatic rings. The number of nitrogens with two attached hydrogens (primary N) is 1. The minimum atomic E-state index is -0.390. The summed E-state index contributed by atoms with van der Waals surface area (Å²) in [4.78, 5) is 0. The number of hydrogen-bond acceptors (Lipinski definition) is 3. The van der Waals surface area contributed by atoms with Crippen molar-refractivity contribution in [3.63, 3.8) is 0 Å². The highest BCUT2D eigenvalue weighted by molar-refractivity contribution is 4.72. The first kappa shape index (κ1) is 9.96. The van der Waals surface area contributed by atoms with Crippen LogP contribution < -0.4 is 5.73 Å². The minimum absolute atomic E-state index is 0.235. The second-order valence-corrected chi connectivity index (χ2v) is 4.03. The van der Waals surface area contributed by atoms with Crippen LogP contribution in [0.4, 0.5) is 0 Å². The molecular weight excluding hydrogens is 154 g/mol. The van der Waals surface area contributed by atoms with Gasteiger partial charge in [0.05, 0.1) is 12.7 Å². The van der Waals surface area contributed by atoms with Crippen LogP contribution in [0.5, 0.6) is 0 Å². The highest BCUT2D eigenvalue weighted by Gasteiger charge is 2.32. The van der Waals surface area contributed by atoms with Crippen LogP contribution in [0.1, 0.15) is 27.2 Å². The molecule has 0 amide bonds. The molecule has 0 spiro atoms. The van der Waals surface area contributed by atoms with Gasteiger partial charge in [-0.3, -0.25) is 0 Å². The molecule has 2 N–H and O–H groups in total. The largest absolute Gasteiger partial charge is 0.348 e. The monoisotopic (exact) mass is 173 g/mol. The predicted octanol–water partition coefficient (Wildman–Crippen LogP) is 1.12. The van der Waals surface area contributed by atoms with E-state index >= 15 is 0 Å². The van der Waals surface area contributed by atoms with E-state index in [1.165, 1.54) is 0 Å². The van der Waals surface area contributed by atoms with Crippen molar-refractivity contribution in [2.75, 3.05) is 13.2 Å². The van der Waals surface area contributed by atoms with Crippen molar-refractivity contribution in [3.8, 4) is 0 Å². The van der Waals surface area contributed by atoms with Gasteiger partial charge in [-0.25, -0.2) is 0 Å². The zero-order valence-electron chi connectivity index (χ0n) is 8.17. The Labute approximate surface area is 74.2 Å². The Morgan fingerprint density at radius 3 is 2.67 bits per heavy atom. The molecule has 3 nitrogen and oxygen atoms in total. The lowest BCUT2D eigenvalue weighted by Crippen LogP contribution is -2.24. The van der Waals surface area contributed by atoms with E-state index in [0.29, 0.717) is 12.5 Å². The fourth-order valence-electron chi connectivity index (χ4n) is 1.42. The molecule has 0 aromatic carbocycles. The summed E-state index contributed by atoms with van der Waals surface area (Å²) in [5, 5.41) is 0. The molecule has 1 heterocycles. The lowest BCUT2D eigenvalue weighted by molar-refractivity contribution is -0.139. The van der Waals surface area contributed by atoms with Crippen molar-refractivity contribution in [3.05, 3.63) is 0 Å². The summed E-state index contributed by atoms with van der Waals surface area (Å²) in [5.41, 5.74) is 5.52. The van der Waals surface area contributed by atoms with Gasteiger partial charge in [0, 0.05) is 0 Å². The summed E-state index contributed by atoms with van der Waals surface area (Å²) < 4.78 is 11.1. The fourth-order valence-corrected chi connectivity index (χ4v) is 1.42. The second-order valence-electron chi connectivity index (χ2n) is 4.03. The second kappa shape index (κ2) is 3.73. The molecule has 1 saturated heterocycles. The van der Waals surface area contributed by atoms with Gasteiger partial charge in [0.15, 0.2) is 5.79 Å². The Balaban J connectivity index is 2.28. The van der Waals surface area contributed by atoms with Crippen molar-refractivity contribution < 1.29 is 9.47 Å². The molecule has 12 heavy (non-hydrogen) atoms. The Bertz CT molecular complexity index is 147. The summed E-state index contributed by atoms with van der Waals surface area (Å²) in [6, 6.07) is 0. The predicted molar refractivity (Wildman–Crippen MR) is 47.7 cm³/mol. The number of rotatable bonds is 3. The van der Waals surface area contributed by atoms with Crippen LogP contribution in [0.25, 0.3) is 0 Å². The van der Waals surface area contributed by atoms with Crippen LogP contribution in [0.2, 0.25) is 0 Å². The zero-order chi connectivity index (χ0) is 9.19. The molecule has 1 aliphatic rings. The molecule has 72 valence electrons. The average Bonchev–Trinajstić information content (AvgIpc) is 2.30. The van der Waals surface area contributed by atoms with E-state index in [2.05, 4.69) is 6.92 Å². The average molecular weight is 173 g/mol. The Kier molecular flexibility index (Phi) is 3.09. The van der Waals surface area contributed by atoms with Crippen LogP contribution in [0, 0.1) is 5.92 Å². The summed E-state index contributed by atoms with van der Waals surface area (Å²) in [7, 11) is 0. The minimum Gasteiger partial charge on any atom is -0.348 e. The van der Waals surface area contributed by atoms with E-state index in [4.69, 9.17) is 15.2 Å². The van der Waals surface area contributed by atoms with E-state index in [-0.39, 0.29) is 11.9 Å². The maximum atomic E-state index is 5.64. The van der Waals surface area contributed by atoms with Crippen molar-refractivity contribution in [2.24, 2.45) is 11.7 Å². The Morgan fingerprint density at radius 1 is 1.58 bits per heavy atom. The fraction of sp³-hybridized carbons (Fsp3) is 1.00. The maximum absolute atomic E-state index is 5.64. The highest BCUT2D eigenvalue weighted by atomic mass is 16.7. The molecule has 1 rings (SSSR count). The van der Waals surface area contributed by atoms with Crippen LogP contribution in [0.15, 0.2) is 0 Å². The van der Waals surface area contributed by atoms with Gasteiger partial charge in [-0.15, -0.1) is 0 Å². The van der Waals surface area contributed by atoms with Crippen LogP contribution in [0.3, 0.4) is 0 Å². The SMILES string of the molecule is C[C@@H](CN)C[C@@H]1COC(C)(C)O1. The van der Waals surface area contributed by atoms with Gasteiger partial charge in [0.2, 0.25) is 0 Å². The third kappa shape index (κ3) is 2.73. The van der Waals surface area contributed by atoms with Gasteiger partial charge in [-0.05, 0) is 32.7 Å². The third-order valence-corrected chi connectivity index (χ3v) is 2.13. The maximum Gasteiger partial charge on any atom is 0.163 e. The van der Waals surface area contributed by atoms with Gasteiger partial charge < -0.3 is 15.2 Å². The summed E-state index contributed by atoms with van der Waals surface area (Å²) in [6.45, 7) is 7.45. The van der Waals surface area contributed by atoms with Gasteiger partial charge in [-0.1, -0.05) is 6.92 Å². The van der Waals surface area contributed by atoms with Gasteiger partial charge >= 0.3 is 0 Å². The van der Waals surface area contributed by atoms with Crippen LogP contribution in [-0.2, 0) is 9.47 Å². The quantitative estimate of drug-likeness (QED) is 0.695. The van der Waals surface area contributed by atoms with Crippen molar-refractivity contribution in [2.45, 2.75) is 39.1 Å².